The molecule has 4 aliphatic heterocycles. The lowest BCUT2D eigenvalue weighted by Crippen LogP contribution is -2.66. The first kappa shape index (κ1) is 112. The molecule has 10 heterocycles. The average molecular weight is 2030 g/mol. The molecule has 0 radical (unpaired) electrons. The van der Waals surface area contributed by atoms with Gasteiger partial charge in [0.15, 0.2) is 11.6 Å². The van der Waals surface area contributed by atoms with Gasteiger partial charge in [-0.3, -0.25) is 63.9 Å². The number of urea groups is 1. The molecule has 0 bridgehead atoms. The number of carboxylic acid groups (broad SMARTS) is 1. The van der Waals surface area contributed by atoms with Crippen molar-refractivity contribution in [2.24, 2.45) is 16.0 Å². The third kappa shape index (κ3) is 28.8. The van der Waals surface area contributed by atoms with Gasteiger partial charge in [-0.05, 0) is 155 Å². The number of hydrogen-bond acceptors (Lipinski definition) is 30. The normalized spacial score (nSPS) is 18.8. The number of nitrogens with two attached hydrogens (primary N) is 2. The largest absolute Gasteiger partial charge is 0.481 e. The van der Waals surface area contributed by atoms with E-state index in [1.807, 2.05) is 68.4 Å². The highest BCUT2D eigenvalue weighted by Gasteiger charge is 2.52. The van der Waals surface area contributed by atoms with E-state index < -0.39 is 105 Å². The van der Waals surface area contributed by atoms with Gasteiger partial charge >= 0.3 is 24.2 Å². The second-order valence-electron chi connectivity index (χ2n) is 39.5. The quantitative estimate of drug-likeness (QED) is 0.0140. The molecule has 4 unspecified atom stereocenters. The molecule has 1 aromatic carbocycles. The predicted octanol–water partition coefficient (Wildman–Crippen LogP) is 13.3. The van der Waals surface area contributed by atoms with Gasteiger partial charge < -0.3 is 97.0 Å². The van der Waals surface area contributed by atoms with Gasteiger partial charge in [0.2, 0.25) is 41.3 Å². The van der Waals surface area contributed by atoms with E-state index in [-0.39, 0.29) is 153 Å². The van der Waals surface area contributed by atoms with E-state index in [0.29, 0.717) is 51.2 Å². The highest BCUT2D eigenvalue weighted by molar-refractivity contribution is 7.18. The minimum Gasteiger partial charge on any atom is -0.481 e. The molecule has 0 saturated carbocycles. The van der Waals surface area contributed by atoms with Gasteiger partial charge in [-0.15, -0.1) is 45.3 Å². The van der Waals surface area contributed by atoms with E-state index in [1.54, 1.807) is 92.3 Å². The number of oxime groups is 2. The summed E-state index contributed by atoms with van der Waals surface area (Å²) in [6.07, 6.45) is -2.14. The standard InChI is InChI=1S/C25H27Cl2FN6O4S.C23H35N5O6S.C21H31N3O6S.C18H25N5O3S.C2H6N2O/c1-12-30-17(38-33-12)11-25(5)22(36)29-8-9-34(25)21(35)13-10-16(24(2,3)4)39-20(13)32-23(37)31-15-7-6-14(28)18(26)19(15)27;1-13(27-33)25-16(29)12-23(8)19(31)24-9-10-28(23)18(30)14-11-15(21(2,3)4)35-17(14)26-20(32)34-22(5,6)7;1-19(2,3)13-10-12(15(31-13)23-18(29)30-20(4,5)6)16(27)24-9-8-22-17(28)21(24,7)11-14(25)26;1-10-21-13(26-22-10)9-18(5)16(25)20-6-7-23(18)15(24)11-8-12(17(2,3)4)27-14(11)19;1-2(3)4-5/h6-7,10H,8-9,11H2,1-5H3,(H,29,36)(H2,31,32,37);11,33H,9-10,12H2,1-8H3,(H,24,31)(H,26,32)(H,25,27,29);10H,8-9,11H2,1-7H3,(H,22,28)(H,23,29)(H,25,26);8H,6-7,9,19H2,1-5H3,(H,20,25);5H,1H3,(H2,3,4). The van der Waals surface area contributed by atoms with E-state index in [4.69, 9.17) is 63.6 Å². The molecule has 4 saturated heterocycles. The molecule has 48 heteroatoms. The summed E-state index contributed by atoms with van der Waals surface area (Å²) >= 11 is 17.1. The number of halogens is 3. The number of carboxylic acids is 1. The summed E-state index contributed by atoms with van der Waals surface area (Å²) in [4.78, 5) is 185. The molecule has 7 aromatic rings. The van der Waals surface area contributed by atoms with Crippen LogP contribution < -0.4 is 59.3 Å². The lowest BCUT2D eigenvalue weighted by atomic mass is 9.90. The number of anilines is 5. The fraction of sp³-hybridized carbons (Fsp3) is 0.539. The third-order valence-electron chi connectivity index (χ3n) is 21.1. The number of ether oxygens (including phenoxy) is 2. The maximum Gasteiger partial charge on any atom is 0.412 e. The Hall–Kier alpha value is -12.1. The summed E-state index contributed by atoms with van der Waals surface area (Å²) in [7, 11) is 0. The van der Waals surface area contributed by atoms with Crippen molar-refractivity contribution >= 4 is 183 Å². The van der Waals surface area contributed by atoms with Gasteiger partial charge in [0, 0.05) is 71.9 Å². The maximum atomic E-state index is 14.0. The van der Waals surface area contributed by atoms with Gasteiger partial charge in [-0.1, -0.05) is 127 Å². The maximum absolute atomic E-state index is 14.0. The third-order valence-corrected chi connectivity index (χ3v) is 27.8. The number of aliphatic carboxylic acids is 1. The number of benzene rings is 1. The van der Waals surface area contributed by atoms with Crippen LogP contribution in [0.2, 0.25) is 10.0 Å². The van der Waals surface area contributed by atoms with Crippen LogP contribution in [0.5, 0.6) is 0 Å². The zero-order valence-corrected chi connectivity index (χ0v) is 86.4. The molecule has 0 spiro atoms. The number of nitrogens with one attached hydrogen (secondary N) is 9. The fourth-order valence-electron chi connectivity index (χ4n) is 13.9. The molecule has 16 N–H and O–H groups in total. The number of carbonyl (C=O) groups is 13. The Morgan fingerprint density at radius 2 is 0.825 bits per heavy atom. The Morgan fingerprint density at radius 3 is 1.14 bits per heavy atom. The number of aryl methyl sites for hydroxylation is 2. The van der Waals surface area contributed by atoms with Crippen LogP contribution in [0.25, 0.3) is 0 Å². The number of amides is 13. The van der Waals surface area contributed by atoms with Crippen molar-refractivity contribution in [3.8, 4) is 0 Å². The summed E-state index contributed by atoms with van der Waals surface area (Å²) in [5.74, 6) is -4.27. The van der Waals surface area contributed by atoms with E-state index >= 15 is 0 Å². The van der Waals surface area contributed by atoms with Gasteiger partial charge in [0.1, 0.15) is 65.8 Å². The van der Waals surface area contributed by atoms with Crippen LogP contribution in [0.4, 0.5) is 44.5 Å². The minimum absolute atomic E-state index is 0.00868. The summed E-state index contributed by atoms with van der Waals surface area (Å²) in [5.41, 5.74) is 4.08. The zero-order chi connectivity index (χ0) is 104. The molecule has 11 rings (SSSR count). The number of amidine groups is 2. The van der Waals surface area contributed by atoms with Crippen molar-refractivity contribution in [3.63, 3.8) is 0 Å². The van der Waals surface area contributed by atoms with Crippen molar-refractivity contribution in [3.05, 3.63) is 117 Å². The first-order valence-corrected chi connectivity index (χ1v) is 47.2. The second kappa shape index (κ2) is 44.1. The van der Waals surface area contributed by atoms with Crippen molar-refractivity contribution in [1.82, 2.24) is 66.5 Å². The number of rotatable bonds is 16. The topological polar surface area (TPSA) is 577 Å². The van der Waals surface area contributed by atoms with Gasteiger partial charge in [-0.2, -0.15) is 9.97 Å². The zero-order valence-electron chi connectivity index (χ0n) is 81.6. The number of piperazine rings is 4. The molecule has 750 valence electrons. The van der Waals surface area contributed by atoms with Crippen molar-refractivity contribution in [2.75, 3.05) is 79.4 Å². The highest BCUT2D eigenvalue weighted by atomic mass is 35.5. The number of thiophene rings is 4. The molecule has 4 fully saturated rings. The van der Waals surface area contributed by atoms with E-state index in [0.717, 1.165) is 25.6 Å². The molecule has 13 amide bonds. The molecule has 41 nitrogen and oxygen atoms in total. The number of carbonyl (C=O) groups excluding carboxylic acids is 12. The van der Waals surface area contributed by atoms with Crippen LogP contribution in [-0.4, -0.2) is 230 Å². The second-order valence-corrected chi connectivity index (χ2v) is 44.5. The van der Waals surface area contributed by atoms with Crippen LogP contribution in [0.15, 0.2) is 55.8 Å². The van der Waals surface area contributed by atoms with Gasteiger partial charge in [0.05, 0.1) is 68.7 Å². The minimum atomic E-state index is -1.55. The highest BCUT2D eigenvalue weighted by Crippen LogP contribution is 2.44. The van der Waals surface area contributed by atoms with Crippen molar-refractivity contribution in [2.45, 2.75) is 261 Å². The van der Waals surface area contributed by atoms with Gasteiger partial charge in [0.25, 0.3) is 23.6 Å². The number of hydrogen-bond donors (Lipinski definition) is 14. The lowest BCUT2D eigenvalue weighted by molar-refractivity contribution is -0.147. The Balaban J connectivity index is 0.000000246. The van der Waals surface area contributed by atoms with Crippen molar-refractivity contribution < 1.29 is 101 Å². The molecule has 0 aliphatic carbocycles. The van der Waals surface area contributed by atoms with Crippen LogP contribution in [0.1, 0.15) is 263 Å². The molecular formula is C89H124Cl2FN21O20S4. The van der Waals surface area contributed by atoms with E-state index in [1.165, 1.54) is 93.8 Å². The average Bonchev–Trinajstić information content (AvgIpc) is 1.71. The Morgan fingerprint density at radius 1 is 0.504 bits per heavy atom. The lowest BCUT2D eigenvalue weighted by Gasteiger charge is -2.43. The summed E-state index contributed by atoms with van der Waals surface area (Å²) in [5, 5.41) is 63.6. The number of aromatic nitrogens is 4. The summed E-state index contributed by atoms with van der Waals surface area (Å²) in [6.45, 7) is 49.0. The first-order valence-electron chi connectivity index (χ1n) is 43.2. The molecule has 6 aromatic heterocycles. The Bertz CT molecular complexity index is 5760. The van der Waals surface area contributed by atoms with E-state index in [9.17, 15) is 71.8 Å². The Labute approximate surface area is 819 Å². The SMILES string of the molecule is C/C(=N/O)NC(=O)CC1(C)C(=O)NCCN1C(=O)c1cc(C(C)(C)C)sc1NC(=O)OC(C)(C)C.C/C(N)=N/O.CC(C)(C)OC(=O)Nc1sc(C(C)(C)C)cc1C(=O)N1CCNC(=O)C1(C)CC(=O)O.Cc1noc(CC2(C)C(=O)NCCN2C(=O)c2cc(C(C)(C)C)sc2N)n1.Cc1noc(CC2(C)C(=O)NCCN2C(=O)c2cc(C(C)(C)C)sc2NC(=O)Nc2ccc(F)c(Cl)c2Cl)n1. The first-order chi connectivity index (χ1) is 63.0. The van der Waals surface area contributed by atoms with E-state index in [2.05, 4.69) is 99.2 Å². The molecule has 4 aliphatic rings. The van der Waals surface area contributed by atoms with Crippen LogP contribution >= 0.6 is 68.5 Å². The molecule has 4 atom stereocenters. The Kier molecular flexibility index (Phi) is 36.0. The summed E-state index contributed by atoms with van der Waals surface area (Å²) < 4.78 is 34.8. The van der Waals surface area contributed by atoms with Crippen LogP contribution in [0, 0.1) is 19.7 Å². The number of nitrogen functional groups attached to an aromatic ring is 1. The predicted molar refractivity (Wildman–Crippen MR) is 520 cm³/mol. The monoisotopic (exact) mass is 2020 g/mol. The van der Waals surface area contributed by atoms with Crippen LogP contribution in [0.3, 0.4) is 0 Å². The smallest absolute Gasteiger partial charge is 0.412 e. The number of nitrogens with zero attached hydrogens (tertiary/aromatic N) is 10. The molecular weight excluding hydrogens is 1900 g/mol. The van der Waals surface area contributed by atoms with Crippen LogP contribution in [-0.2, 0) is 72.7 Å². The molecule has 137 heavy (non-hydrogen) atoms. The van der Waals surface area contributed by atoms with Gasteiger partial charge in [-0.25, -0.2) is 18.8 Å². The fourth-order valence-corrected chi connectivity index (χ4v) is 18.5. The summed E-state index contributed by atoms with van der Waals surface area (Å²) in [6, 6.07) is 8.59. The van der Waals surface area contributed by atoms with Crippen molar-refractivity contribution in [1.29, 1.82) is 0 Å².